The molecule has 0 unspecified atom stereocenters. The number of aryl methyl sites for hydroxylation is 3. The normalized spacial score (nSPS) is 15.9. The van der Waals surface area contributed by atoms with Crippen LogP contribution in [0.15, 0.2) is 72.8 Å². The van der Waals surface area contributed by atoms with Gasteiger partial charge < -0.3 is 5.32 Å². The van der Waals surface area contributed by atoms with E-state index in [4.69, 9.17) is 0 Å². The molecule has 1 aliphatic rings. The minimum absolute atomic E-state index is 0.0117. The molecule has 3 aromatic rings. The fourth-order valence-corrected chi connectivity index (χ4v) is 5.10. The predicted octanol–water partition coefficient (Wildman–Crippen LogP) is 5.65. The summed E-state index contributed by atoms with van der Waals surface area (Å²) in [6.07, 6.45) is 1.14. The fourth-order valence-electron chi connectivity index (χ4n) is 3.94. The lowest BCUT2D eigenvalue weighted by Crippen LogP contribution is -2.28. The summed E-state index contributed by atoms with van der Waals surface area (Å²) in [4.78, 5) is 27.0. The first kappa shape index (κ1) is 21.2. The third-order valence-corrected chi connectivity index (χ3v) is 6.50. The summed E-state index contributed by atoms with van der Waals surface area (Å²) in [5.74, 6) is 0.547. The number of thioether (sulfide) groups is 1. The smallest absolute Gasteiger partial charge is 0.238 e. The van der Waals surface area contributed by atoms with Crippen molar-refractivity contribution in [3.05, 3.63) is 95.1 Å². The summed E-state index contributed by atoms with van der Waals surface area (Å²) in [7, 11) is 0. The summed E-state index contributed by atoms with van der Waals surface area (Å²) in [5, 5.41) is 2.91. The molecule has 4 rings (SSSR count). The molecule has 4 nitrogen and oxygen atoms in total. The molecular weight excluding hydrogens is 404 g/mol. The SMILES string of the molecule is Cc1cc(C)cc(N2C(=O)CS[C@@H]2c2cccc(NC(=O)CCc3ccccc3)c2)c1. The molecule has 0 radical (unpaired) electrons. The number of hydrogen-bond donors (Lipinski definition) is 1. The summed E-state index contributed by atoms with van der Waals surface area (Å²) < 4.78 is 0. The summed E-state index contributed by atoms with van der Waals surface area (Å²) in [6, 6.07) is 24.1. The highest BCUT2D eigenvalue weighted by molar-refractivity contribution is 8.00. The van der Waals surface area contributed by atoms with Crippen LogP contribution in [0.3, 0.4) is 0 Å². The lowest BCUT2D eigenvalue weighted by Gasteiger charge is -2.25. The molecule has 0 spiro atoms. The number of benzene rings is 3. The average Bonchev–Trinajstić information content (AvgIpc) is 3.14. The Balaban J connectivity index is 1.49. The van der Waals surface area contributed by atoms with Gasteiger partial charge in [0.2, 0.25) is 11.8 Å². The minimum atomic E-state index is -0.102. The Bertz CT molecular complexity index is 1080. The molecular formula is C26H26N2O2S. The van der Waals surface area contributed by atoms with Crippen LogP contribution in [0.5, 0.6) is 0 Å². The molecule has 1 aliphatic heterocycles. The fraction of sp³-hybridized carbons (Fsp3) is 0.231. The van der Waals surface area contributed by atoms with Gasteiger partial charge in [-0.2, -0.15) is 0 Å². The zero-order valence-electron chi connectivity index (χ0n) is 17.8. The van der Waals surface area contributed by atoms with Crippen molar-refractivity contribution in [3.8, 4) is 0 Å². The van der Waals surface area contributed by atoms with Crippen molar-refractivity contribution in [2.24, 2.45) is 0 Å². The van der Waals surface area contributed by atoms with Crippen LogP contribution in [0.2, 0.25) is 0 Å². The van der Waals surface area contributed by atoms with Gasteiger partial charge in [-0.25, -0.2) is 0 Å². The number of nitrogens with zero attached hydrogens (tertiary/aromatic N) is 1. The van der Waals surface area contributed by atoms with Crippen molar-refractivity contribution in [1.82, 2.24) is 0 Å². The quantitative estimate of drug-likeness (QED) is 0.549. The molecule has 158 valence electrons. The van der Waals surface area contributed by atoms with Crippen molar-refractivity contribution in [1.29, 1.82) is 0 Å². The topological polar surface area (TPSA) is 49.4 Å². The lowest BCUT2D eigenvalue weighted by atomic mass is 10.1. The first-order valence-corrected chi connectivity index (χ1v) is 11.5. The monoisotopic (exact) mass is 430 g/mol. The van der Waals surface area contributed by atoms with E-state index >= 15 is 0 Å². The van der Waals surface area contributed by atoms with Crippen LogP contribution >= 0.6 is 11.8 Å². The van der Waals surface area contributed by atoms with E-state index in [0.29, 0.717) is 18.6 Å². The first-order valence-electron chi connectivity index (χ1n) is 10.5. The van der Waals surface area contributed by atoms with Crippen LogP contribution in [0.4, 0.5) is 11.4 Å². The van der Waals surface area contributed by atoms with Gasteiger partial charge in [0.1, 0.15) is 5.37 Å². The molecule has 3 aromatic carbocycles. The van der Waals surface area contributed by atoms with Crippen molar-refractivity contribution >= 4 is 35.0 Å². The maximum Gasteiger partial charge on any atom is 0.238 e. The van der Waals surface area contributed by atoms with Gasteiger partial charge in [0.05, 0.1) is 5.75 Å². The van der Waals surface area contributed by atoms with Gasteiger partial charge in [-0.15, -0.1) is 11.8 Å². The van der Waals surface area contributed by atoms with E-state index in [2.05, 4.69) is 23.5 Å². The zero-order chi connectivity index (χ0) is 21.8. The molecule has 0 bridgehead atoms. The standard InChI is InChI=1S/C26H26N2O2S/c1-18-13-19(2)15-23(14-18)28-25(30)17-31-26(28)21-9-6-10-22(16-21)27-24(29)12-11-20-7-4-3-5-8-20/h3-10,13-16,26H,11-12,17H2,1-2H3,(H,27,29)/t26-/m1/s1. The average molecular weight is 431 g/mol. The van der Waals surface area contributed by atoms with E-state index in [1.165, 1.54) is 0 Å². The summed E-state index contributed by atoms with van der Waals surface area (Å²) in [6.45, 7) is 4.09. The Hall–Kier alpha value is -3.05. The Morgan fingerprint density at radius 3 is 2.48 bits per heavy atom. The van der Waals surface area contributed by atoms with Gasteiger partial charge in [-0.3, -0.25) is 14.5 Å². The highest BCUT2D eigenvalue weighted by Gasteiger charge is 2.34. The highest BCUT2D eigenvalue weighted by atomic mass is 32.2. The number of rotatable bonds is 6. The molecule has 1 saturated heterocycles. The maximum atomic E-state index is 12.7. The lowest BCUT2D eigenvalue weighted by molar-refractivity contribution is -0.116. The maximum absolute atomic E-state index is 12.7. The minimum Gasteiger partial charge on any atom is -0.326 e. The summed E-state index contributed by atoms with van der Waals surface area (Å²) >= 11 is 1.62. The summed E-state index contributed by atoms with van der Waals surface area (Å²) in [5.41, 5.74) is 6.12. The molecule has 31 heavy (non-hydrogen) atoms. The zero-order valence-corrected chi connectivity index (χ0v) is 18.6. The van der Waals surface area contributed by atoms with Crippen LogP contribution < -0.4 is 10.2 Å². The molecule has 1 N–H and O–H groups in total. The highest BCUT2D eigenvalue weighted by Crippen LogP contribution is 2.42. The second-order valence-electron chi connectivity index (χ2n) is 7.93. The van der Waals surface area contributed by atoms with Crippen LogP contribution in [0.1, 0.15) is 34.0 Å². The Labute approximate surface area is 187 Å². The van der Waals surface area contributed by atoms with Crippen LogP contribution in [0, 0.1) is 13.8 Å². The van der Waals surface area contributed by atoms with E-state index < -0.39 is 0 Å². The van der Waals surface area contributed by atoms with Crippen LogP contribution in [0.25, 0.3) is 0 Å². The molecule has 2 amide bonds. The van der Waals surface area contributed by atoms with Gasteiger partial charge in [-0.05, 0) is 66.8 Å². The molecule has 5 heteroatoms. The second-order valence-corrected chi connectivity index (χ2v) is 9.00. The number of carbonyl (C=O) groups excluding carboxylic acids is 2. The van der Waals surface area contributed by atoms with Crippen LogP contribution in [-0.4, -0.2) is 17.6 Å². The second kappa shape index (κ2) is 9.40. The van der Waals surface area contributed by atoms with Gasteiger partial charge in [0.15, 0.2) is 0 Å². The number of amides is 2. The number of carbonyl (C=O) groups is 2. The van der Waals surface area contributed by atoms with E-state index in [1.807, 2.05) is 73.3 Å². The van der Waals surface area contributed by atoms with Crippen molar-refractivity contribution in [3.63, 3.8) is 0 Å². The van der Waals surface area contributed by atoms with Crippen molar-refractivity contribution in [2.75, 3.05) is 16.0 Å². The van der Waals surface area contributed by atoms with E-state index in [0.717, 1.165) is 33.6 Å². The number of hydrogen-bond acceptors (Lipinski definition) is 3. The molecule has 1 heterocycles. The molecule has 1 atom stereocenters. The van der Waals surface area contributed by atoms with E-state index in [9.17, 15) is 9.59 Å². The predicted molar refractivity (Wildman–Crippen MR) is 128 cm³/mol. The van der Waals surface area contributed by atoms with E-state index in [1.54, 1.807) is 11.8 Å². The van der Waals surface area contributed by atoms with E-state index in [-0.39, 0.29) is 17.2 Å². The van der Waals surface area contributed by atoms with Crippen LogP contribution in [-0.2, 0) is 16.0 Å². The molecule has 0 aromatic heterocycles. The Morgan fingerprint density at radius 2 is 1.74 bits per heavy atom. The molecule has 0 aliphatic carbocycles. The van der Waals surface area contributed by atoms with Gasteiger partial charge in [-0.1, -0.05) is 48.5 Å². The first-order chi connectivity index (χ1) is 15.0. The number of anilines is 2. The van der Waals surface area contributed by atoms with Gasteiger partial charge in [0, 0.05) is 17.8 Å². The largest absolute Gasteiger partial charge is 0.326 e. The molecule has 1 fully saturated rings. The number of nitrogens with one attached hydrogen (secondary N) is 1. The third-order valence-electron chi connectivity index (χ3n) is 5.29. The van der Waals surface area contributed by atoms with Gasteiger partial charge >= 0.3 is 0 Å². The van der Waals surface area contributed by atoms with Crippen molar-refractivity contribution < 1.29 is 9.59 Å². The Morgan fingerprint density at radius 1 is 1.00 bits per heavy atom. The van der Waals surface area contributed by atoms with Crippen molar-refractivity contribution in [2.45, 2.75) is 32.1 Å². The Kier molecular flexibility index (Phi) is 6.42. The molecule has 0 saturated carbocycles. The third kappa shape index (κ3) is 5.17. The van der Waals surface area contributed by atoms with Gasteiger partial charge in [0.25, 0.3) is 0 Å².